The Morgan fingerprint density at radius 2 is 1.80 bits per heavy atom. The first-order valence-electron chi connectivity index (χ1n) is 4.14. The minimum absolute atomic E-state index is 0.267. The minimum Gasteiger partial charge on any atom is -0.358 e. The molecule has 0 spiro atoms. The fourth-order valence-corrected chi connectivity index (χ4v) is 1.14. The molecule has 0 saturated carbocycles. The highest BCUT2D eigenvalue weighted by molar-refractivity contribution is 7.80. The van der Waals surface area contributed by atoms with Crippen molar-refractivity contribution in [2.45, 2.75) is 12.8 Å². The van der Waals surface area contributed by atoms with E-state index < -0.39 is 11.4 Å². The lowest BCUT2D eigenvalue weighted by Gasteiger charge is -2.12. The number of rotatable bonds is 2. The van der Waals surface area contributed by atoms with E-state index in [-0.39, 0.29) is 6.54 Å². The Hall–Kier alpha value is -1.30. The predicted octanol–water partition coefficient (Wildman–Crippen LogP) is 2.17. The van der Waals surface area contributed by atoms with Crippen LogP contribution >= 0.6 is 12.2 Å². The van der Waals surface area contributed by atoms with Gasteiger partial charge in [-0.2, -0.15) is 13.2 Å². The zero-order valence-corrected chi connectivity index (χ0v) is 8.45. The summed E-state index contributed by atoms with van der Waals surface area (Å²) in [7, 11) is 0. The topological polar surface area (TPSA) is 24.1 Å². The van der Waals surface area contributed by atoms with Crippen LogP contribution in [-0.2, 0) is 6.54 Å². The second kappa shape index (κ2) is 4.97. The van der Waals surface area contributed by atoms with Crippen LogP contribution in [0.15, 0.2) is 30.3 Å². The molecular weight excluding hydrogens is 225 g/mol. The monoisotopic (exact) mass is 234 g/mol. The van der Waals surface area contributed by atoms with Gasteiger partial charge in [-0.3, -0.25) is 5.32 Å². The summed E-state index contributed by atoms with van der Waals surface area (Å²) in [6.07, 6.45) is -4.49. The van der Waals surface area contributed by atoms with Gasteiger partial charge in [-0.15, -0.1) is 0 Å². The van der Waals surface area contributed by atoms with Crippen LogP contribution < -0.4 is 10.6 Å². The number of hydrogen-bond donors (Lipinski definition) is 2. The first-order chi connectivity index (χ1) is 6.97. The zero-order valence-electron chi connectivity index (χ0n) is 7.64. The number of benzene rings is 1. The summed E-state index contributed by atoms with van der Waals surface area (Å²) in [4.78, 5) is 0. The molecule has 0 radical (unpaired) electrons. The minimum atomic E-state index is -4.49. The number of thiocarbonyl (C=S) groups is 1. The Balaban J connectivity index is 2.35. The molecule has 15 heavy (non-hydrogen) atoms. The van der Waals surface area contributed by atoms with Crippen LogP contribution in [0.2, 0.25) is 0 Å². The fraction of sp³-hybridized carbons (Fsp3) is 0.222. The lowest BCUT2D eigenvalue weighted by Crippen LogP contribution is -2.43. The number of hydrogen-bond acceptors (Lipinski definition) is 1. The molecule has 2 N–H and O–H groups in total. The van der Waals surface area contributed by atoms with E-state index in [1.165, 1.54) is 5.32 Å². The SMILES string of the molecule is FC(F)(F)NC(=S)NCc1ccccc1. The molecule has 1 aromatic rings. The first kappa shape index (κ1) is 11.8. The van der Waals surface area contributed by atoms with Crippen molar-refractivity contribution in [2.75, 3.05) is 0 Å². The third-order valence-electron chi connectivity index (χ3n) is 1.55. The van der Waals surface area contributed by atoms with Crippen LogP contribution in [0.4, 0.5) is 13.2 Å². The van der Waals surface area contributed by atoms with Crippen molar-refractivity contribution < 1.29 is 13.2 Å². The molecule has 6 heteroatoms. The molecule has 0 atom stereocenters. The second-order valence-electron chi connectivity index (χ2n) is 2.79. The van der Waals surface area contributed by atoms with E-state index in [1.54, 1.807) is 24.3 Å². The van der Waals surface area contributed by atoms with E-state index in [0.717, 1.165) is 5.56 Å². The molecule has 82 valence electrons. The van der Waals surface area contributed by atoms with Gasteiger partial charge < -0.3 is 5.32 Å². The standard InChI is InChI=1S/C9H9F3N2S/c10-9(11,12)14-8(15)13-6-7-4-2-1-3-5-7/h1-5H,6H2,(H2,13,14,15). The molecule has 0 fully saturated rings. The van der Waals surface area contributed by atoms with E-state index >= 15 is 0 Å². The number of alkyl halides is 3. The highest BCUT2D eigenvalue weighted by atomic mass is 32.1. The van der Waals surface area contributed by atoms with Gasteiger partial charge >= 0.3 is 6.30 Å². The quantitative estimate of drug-likeness (QED) is 0.605. The number of nitrogens with one attached hydrogen (secondary N) is 2. The highest BCUT2D eigenvalue weighted by Crippen LogP contribution is 2.08. The van der Waals surface area contributed by atoms with Gasteiger partial charge in [0.2, 0.25) is 0 Å². The summed E-state index contributed by atoms with van der Waals surface area (Å²) in [5, 5.41) is 3.24. The van der Waals surface area contributed by atoms with Gasteiger partial charge in [-0.1, -0.05) is 30.3 Å². The van der Waals surface area contributed by atoms with Crippen LogP contribution in [-0.4, -0.2) is 11.4 Å². The van der Waals surface area contributed by atoms with Gasteiger partial charge in [0.1, 0.15) is 0 Å². The maximum atomic E-state index is 11.8. The Morgan fingerprint density at radius 1 is 1.20 bits per heavy atom. The predicted molar refractivity (Wildman–Crippen MR) is 55.1 cm³/mol. The largest absolute Gasteiger partial charge is 0.484 e. The van der Waals surface area contributed by atoms with Crippen LogP contribution in [0.25, 0.3) is 0 Å². The highest BCUT2D eigenvalue weighted by Gasteiger charge is 2.28. The van der Waals surface area contributed by atoms with Crippen LogP contribution in [0.1, 0.15) is 5.56 Å². The van der Waals surface area contributed by atoms with Gasteiger partial charge in [0.05, 0.1) is 0 Å². The Morgan fingerprint density at radius 3 is 2.33 bits per heavy atom. The van der Waals surface area contributed by atoms with Gasteiger partial charge in [-0.05, 0) is 17.8 Å². The fourth-order valence-electron chi connectivity index (χ4n) is 0.951. The molecule has 0 saturated heterocycles. The summed E-state index contributed by atoms with van der Waals surface area (Å²) in [5.74, 6) is 0. The van der Waals surface area contributed by atoms with Crippen molar-refractivity contribution in [1.29, 1.82) is 0 Å². The van der Waals surface area contributed by atoms with Crippen molar-refractivity contribution >= 4 is 17.3 Å². The molecule has 2 nitrogen and oxygen atoms in total. The molecule has 0 aromatic heterocycles. The van der Waals surface area contributed by atoms with Gasteiger partial charge in [0, 0.05) is 6.54 Å². The Kier molecular flexibility index (Phi) is 3.90. The van der Waals surface area contributed by atoms with E-state index in [2.05, 4.69) is 17.5 Å². The van der Waals surface area contributed by atoms with Gasteiger partial charge in [0.15, 0.2) is 5.11 Å². The molecule has 1 rings (SSSR count). The average molecular weight is 234 g/mol. The van der Waals surface area contributed by atoms with E-state index in [0.29, 0.717) is 0 Å². The molecule has 0 aliphatic carbocycles. The van der Waals surface area contributed by atoms with Gasteiger partial charge in [-0.25, -0.2) is 0 Å². The zero-order chi connectivity index (χ0) is 11.3. The molecule has 0 aliphatic heterocycles. The normalized spacial score (nSPS) is 10.9. The molecular formula is C9H9F3N2S. The van der Waals surface area contributed by atoms with Crippen molar-refractivity contribution in [3.63, 3.8) is 0 Å². The van der Waals surface area contributed by atoms with E-state index in [9.17, 15) is 13.2 Å². The first-order valence-corrected chi connectivity index (χ1v) is 4.55. The van der Waals surface area contributed by atoms with Crippen molar-refractivity contribution in [3.05, 3.63) is 35.9 Å². The third kappa shape index (κ3) is 5.21. The van der Waals surface area contributed by atoms with Crippen LogP contribution in [0, 0.1) is 0 Å². The summed E-state index contributed by atoms with van der Waals surface area (Å²) < 4.78 is 35.4. The van der Waals surface area contributed by atoms with Crippen molar-refractivity contribution in [2.24, 2.45) is 0 Å². The molecule has 0 aliphatic rings. The Labute approximate surface area is 90.5 Å². The summed E-state index contributed by atoms with van der Waals surface area (Å²) in [5.41, 5.74) is 0.865. The van der Waals surface area contributed by atoms with Crippen molar-refractivity contribution in [1.82, 2.24) is 10.6 Å². The molecule has 0 unspecified atom stereocenters. The maximum Gasteiger partial charge on any atom is 0.484 e. The molecule has 1 aromatic carbocycles. The van der Waals surface area contributed by atoms with E-state index in [1.807, 2.05) is 6.07 Å². The average Bonchev–Trinajstić information content (AvgIpc) is 2.14. The molecule has 0 heterocycles. The summed E-state index contributed by atoms with van der Waals surface area (Å²) in [6.45, 7) is 0.267. The summed E-state index contributed by atoms with van der Waals surface area (Å²) in [6, 6.07) is 9.02. The lowest BCUT2D eigenvalue weighted by atomic mass is 10.2. The van der Waals surface area contributed by atoms with Crippen molar-refractivity contribution in [3.8, 4) is 0 Å². The molecule has 0 amide bonds. The third-order valence-corrected chi connectivity index (χ3v) is 1.80. The van der Waals surface area contributed by atoms with E-state index in [4.69, 9.17) is 0 Å². The van der Waals surface area contributed by atoms with Gasteiger partial charge in [0.25, 0.3) is 0 Å². The second-order valence-corrected chi connectivity index (χ2v) is 3.20. The summed E-state index contributed by atoms with van der Waals surface area (Å²) >= 11 is 4.46. The van der Waals surface area contributed by atoms with Crippen LogP contribution in [0.3, 0.4) is 0 Å². The number of halogens is 3. The van der Waals surface area contributed by atoms with Crippen LogP contribution in [0.5, 0.6) is 0 Å². The maximum absolute atomic E-state index is 11.8. The Bertz CT molecular complexity index is 324. The smallest absolute Gasteiger partial charge is 0.358 e. The lowest BCUT2D eigenvalue weighted by molar-refractivity contribution is -0.141. The molecule has 0 bridgehead atoms.